The molecule has 0 aromatic heterocycles. The number of carbonyl (C=O) groups is 2. The number of hydrogen-bond acceptors (Lipinski definition) is 4. The van der Waals surface area contributed by atoms with Crippen LogP contribution in [-0.2, 0) is 0 Å². The van der Waals surface area contributed by atoms with Crippen molar-refractivity contribution in [1.29, 1.82) is 0 Å². The number of amides is 2. The smallest absolute Gasteiger partial charge is 0.266 e. The van der Waals surface area contributed by atoms with Gasteiger partial charge in [-0.1, -0.05) is 29.7 Å². The molecule has 0 fully saturated rings. The number of hydrogen-bond donors (Lipinski definition) is 2. The Labute approximate surface area is 170 Å². The van der Waals surface area contributed by atoms with Crippen LogP contribution in [-0.4, -0.2) is 33.2 Å². The van der Waals surface area contributed by atoms with E-state index in [4.69, 9.17) is 0 Å². The Morgan fingerprint density at radius 2 is 1.31 bits per heavy atom. The van der Waals surface area contributed by atoms with Crippen LogP contribution in [0, 0.1) is 23.7 Å². The largest absolute Gasteiger partial charge is 0.378 e. The zero-order valence-electron chi connectivity index (χ0n) is 16.7. The van der Waals surface area contributed by atoms with Gasteiger partial charge in [-0.15, -0.1) is 0 Å². The number of nitrogens with zero attached hydrogens (tertiary/aromatic N) is 1. The van der Waals surface area contributed by atoms with Gasteiger partial charge in [0.25, 0.3) is 11.8 Å². The first-order valence-electron chi connectivity index (χ1n) is 9.09. The van der Waals surface area contributed by atoms with Crippen molar-refractivity contribution in [2.45, 2.75) is 38.9 Å². The molecule has 0 atom stereocenters. The van der Waals surface area contributed by atoms with E-state index < -0.39 is 23.0 Å². The highest BCUT2D eigenvalue weighted by Gasteiger charge is 2.36. The summed E-state index contributed by atoms with van der Waals surface area (Å²) in [6.07, 6.45) is 0. The third-order valence-corrected chi connectivity index (χ3v) is 4.02. The topological polar surface area (TPSA) is 77.8 Å². The number of rotatable bonds is 1. The minimum Gasteiger partial charge on any atom is -0.378 e. The predicted octanol–water partition coefficient (Wildman–Crippen LogP) is 2.73. The van der Waals surface area contributed by atoms with E-state index in [2.05, 4.69) is 23.7 Å². The summed E-state index contributed by atoms with van der Waals surface area (Å²) in [6.45, 7) is 6.29. The Hall–Kier alpha value is -3.38. The second kappa shape index (κ2) is 7.22. The van der Waals surface area contributed by atoms with Gasteiger partial charge in [0.1, 0.15) is 11.2 Å². The normalized spacial score (nSPS) is 13.4. The molecule has 0 spiro atoms. The summed E-state index contributed by atoms with van der Waals surface area (Å²) >= 11 is 0. The molecule has 2 aromatic carbocycles. The first kappa shape index (κ1) is 20.4. The van der Waals surface area contributed by atoms with Crippen molar-refractivity contribution in [3.8, 4) is 23.7 Å². The first-order chi connectivity index (χ1) is 13.4. The lowest BCUT2D eigenvalue weighted by Crippen LogP contribution is -2.29. The minimum absolute atomic E-state index is 0.269. The molecule has 1 aliphatic heterocycles. The first-order valence-corrected chi connectivity index (χ1v) is 9.09. The van der Waals surface area contributed by atoms with Gasteiger partial charge in [-0.2, -0.15) is 0 Å². The number of aliphatic hydroxyl groups is 2. The zero-order valence-corrected chi connectivity index (χ0v) is 16.7. The van der Waals surface area contributed by atoms with Crippen LogP contribution in [0.2, 0.25) is 0 Å². The molecule has 5 nitrogen and oxygen atoms in total. The maximum atomic E-state index is 12.9. The zero-order chi connectivity index (χ0) is 21.4. The van der Waals surface area contributed by atoms with E-state index in [0.29, 0.717) is 22.4 Å². The Morgan fingerprint density at radius 3 is 1.90 bits per heavy atom. The predicted molar refractivity (Wildman–Crippen MR) is 110 cm³/mol. The van der Waals surface area contributed by atoms with Gasteiger partial charge in [0.15, 0.2) is 0 Å². The van der Waals surface area contributed by atoms with E-state index in [-0.39, 0.29) is 5.56 Å². The minimum atomic E-state index is -1.16. The molecule has 5 heteroatoms. The van der Waals surface area contributed by atoms with Gasteiger partial charge in [0, 0.05) is 11.1 Å². The van der Waals surface area contributed by atoms with Crippen LogP contribution in [0.15, 0.2) is 42.5 Å². The Kier molecular flexibility index (Phi) is 5.07. The molecule has 0 radical (unpaired) electrons. The fourth-order valence-electron chi connectivity index (χ4n) is 2.73. The average molecular weight is 387 g/mol. The number of benzene rings is 2. The lowest BCUT2D eigenvalue weighted by molar-refractivity contribution is 0.0925. The highest BCUT2D eigenvalue weighted by molar-refractivity contribution is 6.34. The van der Waals surface area contributed by atoms with Crippen LogP contribution in [0.4, 0.5) is 5.69 Å². The third-order valence-electron chi connectivity index (χ3n) is 4.02. The molecule has 2 aromatic rings. The number of fused-ring (bicyclic) bond motifs is 1. The van der Waals surface area contributed by atoms with Crippen LogP contribution in [0.5, 0.6) is 0 Å². The van der Waals surface area contributed by atoms with Crippen molar-refractivity contribution in [3.63, 3.8) is 0 Å². The second-order valence-electron chi connectivity index (χ2n) is 7.87. The Bertz CT molecular complexity index is 1130. The van der Waals surface area contributed by atoms with Crippen LogP contribution in [0.3, 0.4) is 0 Å². The van der Waals surface area contributed by atoms with Gasteiger partial charge in [-0.3, -0.25) is 9.59 Å². The summed E-state index contributed by atoms with van der Waals surface area (Å²) in [5.74, 6) is 10.2. The van der Waals surface area contributed by atoms with Crippen LogP contribution >= 0.6 is 0 Å². The molecule has 0 aliphatic carbocycles. The summed E-state index contributed by atoms with van der Waals surface area (Å²) < 4.78 is 0. The number of imide groups is 1. The van der Waals surface area contributed by atoms with Crippen molar-refractivity contribution < 1.29 is 19.8 Å². The molecule has 0 bridgehead atoms. The summed E-state index contributed by atoms with van der Waals surface area (Å²) in [5.41, 5.74) is -0.205. The van der Waals surface area contributed by atoms with E-state index in [1.54, 1.807) is 70.2 Å². The fraction of sp³-hybridized carbons (Fsp3) is 0.250. The van der Waals surface area contributed by atoms with E-state index in [9.17, 15) is 19.8 Å². The molecule has 2 amide bonds. The fourth-order valence-corrected chi connectivity index (χ4v) is 2.73. The summed E-state index contributed by atoms with van der Waals surface area (Å²) in [5, 5.41) is 19.5. The van der Waals surface area contributed by atoms with E-state index in [1.807, 2.05) is 0 Å². The summed E-state index contributed by atoms with van der Waals surface area (Å²) in [4.78, 5) is 26.8. The van der Waals surface area contributed by atoms with Gasteiger partial charge in [0.2, 0.25) is 0 Å². The maximum absolute atomic E-state index is 12.9. The van der Waals surface area contributed by atoms with Gasteiger partial charge in [0.05, 0.1) is 16.8 Å². The molecule has 29 heavy (non-hydrogen) atoms. The molecule has 0 saturated carbocycles. The van der Waals surface area contributed by atoms with Crippen molar-refractivity contribution in [2.75, 3.05) is 4.90 Å². The van der Waals surface area contributed by atoms with Crippen molar-refractivity contribution in [3.05, 3.63) is 64.7 Å². The summed E-state index contributed by atoms with van der Waals surface area (Å²) in [7, 11) is 0. The SMILES string of the molecule is CC(C)(O)C#Cc1cccc(N2C(=O)c3ccc(C#CC(C)(C)O)cc3C2=O)c1. The van der Waals surface area contributed by atoms with Gasteiger partial charge in [-0.05, 0) is 64.1 Å². The lowest BCUT2D eigenvalue weighted by Gasteiger charge is -2.14. The van der Waals surface area contributed by atoms with Crippen LogP contribution in [0.25, 0.3) is 0 Å². The maximum Gasteiger partial charge on any atom is 0.266 e. The molecular formula is C24H21NO4. The molecule has 3 rings (SSSR count). The average Bonchev–Trinajstić information content (AvgIpc) is 2.88. The molecule has 0 saturated heterocycles. The molecule has 0 unspecified atom stereocenters. The molecule has 2 N–H and O–H groups in total. The standard InChI is InChI=1S/C24H21NO4/c1-23(2,28)12-10-16-6-5-7-18(14-16)25-21(26)19-9-8-17(11-13-24(3,4)29)15-20(19)22(25)27/h5-9,14-15,28-29H,1-4H3. The molecule has 146 valence electrons. The third kappa shape index (κ3) is 4.73. The quantitative estimate of drug-likeness (QED) is 0.583. The Balaban J connectivity index is 1.96. The highest BCUT2D eigenvalue weighted by Crippen LogP contribution is 2.29. The van der Waals surface area contributed by atoms with Gasteiger partial charge < -0.3 is 10.2 Å². The monoisotopic (exact) mass is 387 g/mol. The van der Waals surface area contributed by atoms with E-state index >= 15 is 0 Å². The van der Waals surface area contributed by atoms with Crippen molar-refractivity contribution >= 4 is 17.5 Å². The van der Waals surface area contributed by atoms with Gasteiger partial charge in [-0.25, -0.2) is 4.90 Å². The lowest BCUT2D eigenvalue weighted by atomic mass is 10.0. The van der Waals surface area contributed by atoms with Crippen molar-refractivity contribution in [2.24, 2.45) is 0 Å². The highest BCUT2D eigenvalue weighted by atomic mass is 16.3. The molecular weight excluding hydrogens is 366 g/mol. The van der Waals surface area contributed by atoms with Crippen LogP contribution in [0.1, 0.15) is 59.5 Å². The van der Waals surface area contributed by atoms with E-state index in [1.165, 1.54) is 0 Å². The van der Waals surface area contributed by atoms with Gasteiger partial charge >= 0.3 is 0 Å². The van der Waals surface area contributed by atoms with Crippen LogP contribution < -0.4 is 4.90 Å². The Morgan fingerprint density at radius 1 is 0.759 bits per heavy atom. The number of carbonyl (C=O) groups excluding carboxylic acids is 2. The molecule has 1 heterocycles. The van der Waals surface area contributed by atoms with E-state index in [0.717, 1.165) is 4.90 Å². The van der Waals surface area contributed by atoms with Crippen molar-refractivity contribution in [1.82, 2.24) is 0 Å². The molecule has 1 aliphatic rings. The number of anilines is 1. The summed E-state index contributed by atoms with van der Waals surface area (Å²) in [6, 6.07) is 11.5. The second-order valence-corrected chi connectivity index (χ2v) is 7.87.